The quantitative estimate of drug-likeness (QED) is 0.837. The first-order valence-electron chi connectivity index (χ1n) is 8.61. The van der Waals surface area contributed by atoms with E-state index in [0.717, 1.165) is 54.4 Å². The van der Waals surface area contributed by atoms with Crippen molar-refractivity contribution in [3.63, 3.8) is 0 Å². The lowest BCUT2D eigenvalue weighted by atomic mass is 10.1. The van der Waals surface area contributed by atoms with Gasteiger partial charge in [0.1, 0.15) is 0 Å². The number of ether oxygens (including phenoxy) is 1. The summed E-state index contributed by atoms with van der Waals surface area (Å²) in [5.74, 6) is 0.760. The lowest BCUT2D eigenvalue weighted by molar-refractivity contribution is -0.121. The molecule has 0 aromatic heterocycles. The second kappa shape index (κ2) is 7.57. The van der Waals surface area contributed by atoms with Gasteiger partial charge in [-0.3, -0.25) is 4.79 Å². The summed E-state index contributed by atoms with van der Waals surface area (Å²) in [5, 5.41) is 3.37. The van der Waals surface area contributed by atoms with Gasteiger partial charge in [0.15, 0.2) is 12.4 Å². The predicted octanol–water partition coefficient (Wildman–Crippen LogP) is 2.43. The maximum absolute atomic E-state index is 12.5. The number of carbonyl (C=O) groups is 1. The number of carbonyl (C=O) groups excluding carboxylic acids is 1. The van der Waals surface area contributed by atoms with Crippen molar-refractivity contribution >= 4 is 17.3 Å². The molecule has 0 bridgehead atoms. The highest BCUT2D eigenvalue weighted by molar-refractivity contribution is 6.00. The van der Waals surface area contributed by atoms with Crippen LogP contribution in [0.4, 0.5) is 11.4 Å². The third-order valence-corrected chi connectivity index (χ3v) is 4.52. The van der Waals surface area contributed by atoms with Crippen LogP contribution in [0.15, 0.2) is 49.1 Å². The standard InChI is InChI=1S/C20H25N3O2/c1-4-6-16(5-2)13-23-18-12-15(3)11-17(20(18)25-14-19(23)24)22-9-7-21-8-10-22/h4-6,11-12,21H,1-2,7-10,13-14H2,3H3/b16-6+. The molecule has 3 rings (SSSR count). The van der Waals surface area contributed by atoms with Crippen molar-refractivity contribution < 1.29 is 9.53 Å². The molecule has 0 unspecified atom stereocenters. The fourth-order valence-corrected chi connectivity index (χ4v) is 3.26. The Morgan fingerprint density at radius 1 is 1.28 bits per heavy atom. The molecule has 1 saturated heterocycles. The van der Waals surface area contributed by atoms with Crippen molar-refractivity contribution in [2.24, 2.45) is 0 Å². The van der Waals surface area contributed by atoms with E-state index >= 15 is 0 Å². The molecule has 1 fully saturated rings. The minimum absolute atomic E-state index is 0.0406. The number of hydrogen-bond donors (Lipinski definition) is 1. The van der Waals surface area contributed by atoms with E-state index in [-0.39, 0.29) is 12.5 Å². The van der Waals surface area contributed by atoms with Crippen LogP contribution >= 0.6 is 0 Å². The van der Waals surface area contributed by atoms with Crippen molar-refractivity contribution in [2.45, 2.75) is 6.92 Å². The number of benzene rings is 1. The average Bonchev–Trinajstić information content (AvgIpc) is 2.63. The molecule has 2 aliphatic rings. The van der Waals surface area contributed by atoms with Crippen LogP contribution in [0.1, 0.15) is 5.56 Å². The monoisotopic (exact) mass is 339 g/mol. The average molecular weight is 339 g/mol. The van der Waals surface area contributed by atoms with Gasteiger partial charge in [-0.05, 0) is 30.2 Å². The van der Waals surface area contributed by atoms with Crippen LogP contribution in [0, 0.1) is 6.92 Å². The van der Waals surface area contributed by atoms with E-state index in [2.05, 4.69) is 36.4 Å². The van der Waals surface area contributed by atoms with Gasteiger partial charge in [-0.2, -0.15) is 0 Å². The molecular formula is C20H25N3O2. The van der Waals surface area contributed by atoms with Gasteiger partial charge in [-0.15, -0.1) is 0 Å². The number of nitrogens with zero attached hydrogens (tertiary/aromatic N) is 2. The highest BCUT2D eigenvalue weighted by Crippen LogP contribution is 2.42. The predicted molar refractivity (Wildman–Crippen MR) is 103 cm³/mol. The number of allylic oxidation sites excluding steroid dienone is 2. The van der Waals surface area contributed by atoms with E-state index in [4.69, 9.17) is 4.74 Å². The molecule has 0 radical (unpaired) electrons. The molecule has 1 aromatic rings. The Kier molecular flexibility index (Phi) is 5.24. The molecule has 5 nitrogen and oxygen atoms in total. The molecule has 132 valence electrons. The topological polar surface area (TPSA) is 44.8 Å². The van der Waals surface area contributed by atoms with Crippen molar-refractivity contribution in [2.75, 3.05) is 49.1 Å². The molecule has 0 atom stereocenters. The first kappa shape index (κ1) is 17.3. The van der Waals surface area contributed by atoms with Gasteiger partial charge in [-0.1, -0.05) is 31.4 Å². The fraction of sp³-hybridized carbons (Fsp3) is 0.350. The summed E-state index contributed by atoms with van der Waals surface area (Å²) in [7, 11) is 0. The lowest BCUT2D eigenvalue weighted by Gasteiger charge is -2.36. The summed E-state index contributed by atoms with van der Waals surface area (Å²) in [6.07, 6.45) is 5.35. The van der Waals surface area contributed by atoms with Gasteiger partial charge in [0.2, 0.25) is 0 Å². The molecule has 5 heteroatoms. The molecule has 0 spiro atoms. The molecule has 0 saturated carbocycles. The number of hydrogen-bond acceptors (Lipinski definition) is 4. The third-order valence-electron chi connectivity index (χ3n) is 4.52. The number of aryl methyl sites for hydroxylation is 1. The van der Waals surface area contributed by atoms with Crippen molar-refractivity contribution in [1.29, 1.82) is 0 Å². The van der Waals surface area contributed by atoms with E-state index in [1.165, 1.54) is 0 Å². The van der Waals surface area contributed by atoms with Gasteiger partial charge in [0, 0.05) is 26.2 Å². The van der Waals surface area contributed by atoms with Crippen LogP contribution in [0.2, 0.25) is 0 Å². The molecule has 1 aromatic carbocycles. The van der Waals surface area contributed by atoms with Crippen LogP contribution in [0.25, 0.3) is 0 Å². The Bertz CT molecular complexity index is 718. The maximum Gasteiger partial charge on any atom is 0.265 e. The number of nitrogens with one attached hydrogen (secondary N) is 1. The van der Waals surface area contributed by atoms with Gasteiger partial charge in [0.05, 0.1) is 17.9 Å². The molecule has 25 heavy (non-hydrogen) atoms. The largest absolute Gasteiger partial charge is 0.479 e. The maximum atomic E-state index is 12.5. The van der Waals surface area contributed by atoms with E-state index in [0.29, 0.717) is 6.54 Å². The van der Waals surface area contributed by atoms with Crippen LogP contribution in [0.3, 0.4) is 0 Å². The minimum atomic E-state index is -0.0406. The zero-order chi connectivity index (χ0) is 17.8. The summed E-state index contributed by atoms with van der Waals surface area (Å²) < 4.78 is 5.86. The smallest absolute Gasteiger partial charge is 0.265 e. The van der Waals surface area contributed by atoms with Crippen molar-refractivity contribution in [1.82, 2.24) is 5.32 Å². The molecule has 2 aliphatic heterocycles. The Balaban J connectivity index is 2.01. The van der Waals surface area contributed by atoms with Crippen LogP contribution in [0.5, 0.6) is 5.75 Å². The van der Waals surface area contributed by atoms with Gasteiger partial charge < -0.3 is 19.9 Å². The van der Waals surface area contributed by atoms with Crippen LogP contribution in [-0.2, 0) is 4.79 Å². The number of rotatable bonds is 5. The highest BCUT2D eigenvalue weighted by atomic mass is 16.5. The van der Waals surface area contributed by atoms with Gasteiger partial charge >= 0.3 is 0 Å². The zero-order valence-electron chi connectivity index (χ0n) is 14.8. The first-order valence-corrected chi connectivity index (χ1v) is 8.61. The summed E-state index contributed by atoms with van der Waals surface area (Å²) >= 11 is 0. The molecule has 2 heterocycles. The van der Waals surface area contributed by atoms with E-state index in [1.807, 2.05) is 12.1 Å². The number of fused-ring (bicyclic) bond motifs is 1. The second-order valence-electron chi connectivity index (χ2n) is 6.32. The minimum Gasteiger partial charge on any atom is -0.479 e. The highest BCUT2D eigenvalue weighted by Gasteiger charge is 2.30. The van der Waals surface area contributed by atoms with Crippen molar-refractivity contribution in [3.8, 4) is 5.75 Å². The summed E-state index contributed by atoms with van der Waals surface area (Å²) in [6.45, 7) is 13.9. The third kappa shape index (κ3) is 3.61. The van der Waals surface area contributed by atoms with Crippen molar-refractivity contribution in [3.05, 3.63) is 54.7 Å². The Morgan fingerprint density at radius 3 is 2.68 bits per heavy atom. The fourth-order valence-electron chi connectivity index (χ4n) is 3.26. The molecule has 1 amide bonds. The zero-order valence-corrected chi connectivity index (χ0v) is 14.8. The first-order chi connectivity index (χ1) is 12.1. The normalized spacial score (nSPS) is 17.8. The molecular weight excluding hydrogens is 314 g/mol. The second-order valence-corrected chi connectivity index (χ2v) is 6.32. The van der Waals surface area contributed by atoms with E-state index < -0.39 is 0 Å². The molecule has 1 N–H and O–H groups in total. The Hall–Kier alpha value is -2.53. The SMILES string of the molecule is C=C/C=C(\C=C)CN1C(=O)COc2c(N3CCNCC3)cc(C)cc21. The number of piperazine rings is 1. The van der Waals surface area contributed by atoms with Crippen LogP contribution in [-0.4, -0.2) is 45.2 Å². The number of anilines is 2. The van der Waals surface area contributed by atoms with E-state index in [9.17, 15) is 4.79 Å². The lowest BCUT2D eigenvalue weighted by Crippen LogP contribution is -2.45. The summed E-state index contributed by atoms with van der Waals surface area (Å²) in [5.41, 5.74) is 3.97. The van der Waals surface area contributed by atoms with Crippen LogP contribution < -0.4 is 19.9 Å². The van der Waals surface area contributed by atoms with E-state index in [1.54, 1.807) is 17.1 Å². The number of amides is 1. The summed E-state index contributed by atoms with van der Waals surface area (Å²) in [6, 6.07) is 4.17. The van der Waals surface area contributed by atoms with Gasteiger partial charge in [0.25, 0.3) is 5.91 Å². The molecule has 0 aliphatic carbocycles. The summed E-state index contributed by atoms with van der Waals surface area (Å²) in [4.78, 5) is 16.6. The van der Waals surface area contributed by atoms with Gasteiger partial charge in [-0.25, -0.2) is 0 Å². The Morgan fingerprint density at radius 2 is 2.00 bits per heavy atom. The Labute approximate surface area is 149 Å².